The molecule has 0 bridgehead atoms. The highest BCUT2D eigenvalue weighted by Gasteiger charge is 2.11. The van der Waals surface area contributed by atoms with E-state index in [-0.39, 0.29) is 11.7 Å². The lowest BCUT2D eigenvalue weighted by Crippen LogP contribution is -2.13. The Morgan fingerprint density at radius 3 is 3.17 bits per heavy atom. The zero-order chi connectivity index (χ0) is 15.8. The molecule has 0 fully saturated rings. The number of thiazole rings is 1. The predicted octanol–water partition coefficient (Wildman–Crippen LogP) is 2.83. The van der Waals surface area contributed by atoms with Gasteiger partial charge < -0.3 is 5.32 Å². The number of hydrogen-bond donors (Lipinski definition) is 1. The van der Waals surface area contributed by atoms with Crippen molar-refractivity contribution < 1.29 is 4.79 Å². The first kappa shape index (κ1) is 14.5. The van der Waals surface area contributed by atoms with Crippen molar-refractivity contribution in [2.24, 2.45) is 0 Å². The summed E-state index contributed by atoms with van der Waals surface area (Å²) in [4.78, 5) is 17.2. The summed E-state index contributed by atoms with van der Waals surface area (Å²) in [6.45, 7) is 2.04. The molecule has 7 nitrogen and oxygen atoms in total. The van der Waals surface area contributed by atoms with Gasteiger partial charge in [0.1, 0.15) is 6.33 Å². The monoisotopic (exact) mass is 362 g/mol. The van der Waals surface area contributed by atoms with Gasteiger partial charge in [-0.15, -0.1) is 15.3 Å². The van der Waals surface area contributed by atoms with Crippen molar-refractivity contribution in [3.63, 3.8) is 0 Å². The summed E-state index contributed by atoms with van der Waals surface area (Å²) in [5.74, 6) is 0.177. The fourth-order valence-corrected chi connectivity index (χ4v) is 4.61. The van der Waals surface area contributed by atoms with Gasteiger partial charge in [0.05, 0.1) is 16.0 Å². The van der Waals surface area contributed by atoms with Gasteiger partial charge in [0.15, 0.2) is 9.47 Å². The molecule has 0 aliphatic heterocycles. The first-order valence-electron chi connectivity index (χ1n) is 6.64. The molecular formula is C13H10N6OS3. The normalized spacial score (nSPS) is 11.3. The van der Waals surface area contributed by atoms with E-state index >= 15 is 0 Å². The minimum atomic E-state index is -0.100. The molecule has 0 radical (unpaired) electrons. The third-order valence-corrected chi connectivity index (χ3v) is 5.97. The number of nitrogens with zero attached hydrogens (tertiary/aromatic N) is 5. The molecule has 3 aromatic heterocycles. The molecule has 1 amide bonds. The maximum absolute atomic E-state index is 12.1. The van der Waals surface area contributed by atoms with Crippen LogP contribution in [0.15, 0.2) is 28.9 Å². The molecule has 0 aliphatic rings. The number of benzene rings is 1. The van der Waals surface area contributed by atoms with Crippen LogP contribution in [0.25, 0.3) is 15.2 Å². The number of fused-ring (bicyclic) bond motifs is 2. The van der Waals surface area contributed by atoms with Crippen molar-refractivity contribution in [3.05, 3.63) is 30.1 Å². The van der Waals surface area contributed by atoms with Crippen LogP contribution in [0.1, 0.15) is 5.56 Å². The summed E-state index contributed by atoms with van der Waals surface area (Å²) in [6, 6.07) is 6.04. The number of aromatic nitrogens is 5. The Balaban J connectivity index is 1.41. The zero-order valence-corrected chi connectivity index (χ0v) is 14.3. The van der Waals surface area contributed by atoms with Gasteiger partial charge in [-0.25, -0.2) is 4.98 Å². The van der Waals surface area contributed by atoms with Crippen LogP contribution < -0.4 is 5.32 Å². The average Bonchev–Trinajstić information content (AvgIpc) is 3.17. The van der Waals surface area contributed by atoms with Crippen LogP contribution in [0.4, 0.5) is 5.13 Å². The van der Waals surface area contributed by atoms with E-state index in [0.717, 1.165) is 19.5 Å². The molecule has 0 aliphatic carbocycles. The van der Waals surface area contributed by atoms with E-state index < -0.39 is 0 Å². The van der Waals surface area contributed by atoms with Gasteiger partial charge in [-0.2, -0.15) is 4.52 Å². The van der Waals surface area contributed by atoms with Gasteiger partial charge in [-0.3, -0.25) is 4.79 Å². The van der Waals surface area contributed by atoms with Crippen molar-refractivity contribution >= 4 is 60.7 Å². The SMILES string of the molecule is Cc1ccc2nc(NC(=O)CSc3nn4cnnc4s3)sc2c1. The molecule has 1 N–H and O–H groups in total. The van der Waals surface area contributed by atoms with Crippen LogP contribution in [0.5, 0.6) is 0 Å². The molecule has 23 heavy (non-hydrogen) atoms. The quantitative estimate of drug-likeness (QED) is 0.562. The van der Waals surface area contributed by atoms with Crippen LogP contribution in [0.2, 0.25) is 0 Å². The molecule has 0 unspecified atom stereocenters. The third kappa shape index (κ3) is 3.05. The van der Waals surface area contributed by atoms with E-state index in [2.05, 4.69) is 31.7 Å². The summed E-state index contributed by atoms with van der Waals surface area (Å²) in [6.07, 6.45) is 1.54. The summed E-state index contributed by atoms with van der Waals surface area (Å²) in [7, 11) is 0. The summed E-state index contributed by atoms with van der Waals surface area (Å²) in [5, 5.41) is 15.4. The molecule has 0 saturated carbocycles. The number of rotatable bonds is 4. The molecule has 0 spiro atoms. The molecule has 4 rings (SSSR count). The van der Waals surface area contributed by atoms with Crippen LogP contribution in [0, 0.1) is 6.92 Å². The molecule has 10 heteroatoms. The average molecular weight is 362 g/mol. The highest BCUT2D eigenvalue weighted by Crippen LogP contribution is 2.27. The van der Waals surface area contributed by atoms with E-state index in [9.17, 15) is 4.79 Å². The van der Waals surface area contributed by atoms with Crippen molar-refractivity contribution in [1.82, 2.24) is 24.8 Å². The lowest BCUT2D eigenvalue weighted by atomic mass is 10.2. The number of anilines is 1. The minimum absolute atomic E-state index is 0.100. The highest BCUT2D eigenvalue weighted by molar-refractivity contribution is 8.01. The number of hydrogen-bond acceptors (Lipinski definition) is 8. The fourth-order valence-electron chi connectivity index (χ4n) is 1.97. The molecular weight excluding hydrogens is 352 g/mol. The van der Waals surface area contributed by atoms with Crippen molar-refractivity contribution in [1.29, 1.82) is 0 Å². The Morgan fingerprint density at radius 1 is 1.39 bits per heavy atom. The Labute approximate surface area is 142 Å². The Kier molecular flexibility index (Phi) is 3.71. The number of carbonyl (C=O) groups excluding carboxylic acids is 1. The maximum atomic E-state index is 12.1. The van der Waals surface area contributed by atoms with Crippen molar-refractivity contribution in [3.8, 4) is 0 Å². The first-order chi connectivity index (χ1) is 11.2. The molecule has 4 aromatic rings. The lowest BCUT2D eigenvalue weighted by molar-refractivity contribution is -0.113. The van der Waals surface area contributed by atoms with Gasteiger partial charge in [0.2, 0.25) is 10.9 Å². The number of aryl methyl sites for hydroxylation is 1. The fraction of sp³-hybridized carbons (Fsp3) is 0.154. The van der Waals surface area contributed by atoms with Crippen molar-refractivity contribution in [2.45, 2.75) is 11.3 Å². The Morgan fingerprint density at radius 2 is 2.30 bits per heavy atom. The second-order valence-electron chi connectivity index (χ2n) is 4.75. The smallest absolute Gasteiger partial charge is 0.236 e. The van der Waals surface area contributed by atoms with Crippen LogP contribution in [-0.4, -0.2) is 36.5 Å². The molecule has 116 valence electrons. The van der Waals surface area contributed by atoms with Crippen LogP contribution >= 0.6 is 34.4 Å². The molecule has 0 atom stereocenters. The summed E-state index contributed by atoms with van der Waals surface area (Å²) in [5.41, 5.74) is 2.08. The minimum Gasteiger partial charge on any atom is -0.301 e. The topological polar surface area (TPSA) is 85.1 Å². The third-order valence-electron chi connectivity index (χ3n) is 2.99. The predicted molar refractivity (Wildman–Crippen MR) is 92.4 cm³/mol. The van der Waals surface area contributed by atoms with Gasteiger partial charge >= 0.3 is 0 Å². The zero-order valence-electron chi connectivity index (χ0n) is 11.9. The second kappa shape index (κ2) is 5.87. The first-order valence-corrected chi connectivity index (χ1v) is 9.26. The van der Waals surface area contributed by atoms with Gasteiger partial charge in [0, 0.05) is 0 Å². The second-order valence-corrected chi connectivity index (χ2v) is 7.96. The number of amides is 1. The summed E-state index contributed by atoms with van der Waals surface area (Å²) >= 11 is 4.26. The Bertz CT molecular complexity index is 975. The van der Waals surface area contributed by atoms with E-state index in [1.54, 1.807) is 10.8 Å². The number of nitrogens with one attached hydrogen (secondary N) is 1. The van der Waals surface area contributed by atoms with Gasteiger partial charge in [-0.05, 0) is 24.6 Å². The lowest BCUT2D eigenvalue weighted by Gasteiger charge is -1.98. The van der Waals surface area contributed by atoms with Gasteiger partial charge in [0.25, 0.3) is 0 Å². The maximum Gasteiger partial charge on any atom is 0.236 e. The molecule has 0 saturated heterocycles. The number of thioether (sulfide) groups is 1. The van der Waals surface area contributed by atoms with E-state index in [0.29, 0.717) is 5.13 Å². The van der Waals surface area contributed by atoms with Gasteiger partial charge in [-0.1, -0.05) is 40.5 Å². The van der Waals surface area contributed by atoms with Crippen LogP contribution in [-0.2, 0) is 4.79 Å². The van der Waals surface area contributed by atoms with E-state index in [1.807, 2.05) is 19.1 Å². The number of carbonyl (C=O) groups is 1. The van der Waals surface area contributed by atoms with Crippen molar-refractivity contribution in [2.75, 3.05) is 11.1 Å². The molecule has 3 heterocycles. The Hall–Kier alpha value is -2.04. The van der Waals surface area contributed by atoms with E-state index in [4.69, 9.17) is 0 Å². The summed E-state index contributed by atoms with van der Waals surface area (Å²) < 4.78 is 3.45. The van der Waals surface area contributed by atoms with Crippen LogP contribution in [0.3, 0.4) is 0 Å². The standard InChI is InChI=1S/C13H10N6OS3/c1-7-2-3-8-9(4-7)22-11(15-8)16-10(20)5-21-13-18-19-6-14-17-12(19)23-13/h2-4,6H,5H2,1H3,(H,15,16,20). The van der Waals surface area contributed by atoms with E-state index in [1.165, 1.54) is 40.0 Å². The highest BCUT2D eigenvalue weighted by atomic mass is 32.2. The molecule has 1 aromatic carbocycles. The largest absolute Gasteiger partial charge is 0.301 e.